The van der Waals surface area contributed by atoms with Crippen molar-refractivity contribution in [3.8, 4) is 5.75 Å². The highest BCUT2D eigenvalue weighted by molar-refractivity contribution is 8.00. The van der Waals surface area contributed by atoms with E-state index in [1.165, 1.54) is 11.9 Å². The zero-order valence-electron chi connectivity index (χ0n) is 17.4. The number of hydrogen-bond donors (Lipinski definition) is 2. The first-order valence-electron chi connectivity index (χ1n) is 10.4. The summed E-state index contributed by atoms with van der Waals surface area (Å²) >= 11 is 1.50. The maximum atomic E-state index is 12.9. The molecule has 3 aromatic carbocycles. The Morgan fingerprint density at radius 3 is 2.55 bits per heavy atom. The second-order valence-corrected chi connectivity index (χ2v) is 8.88. The van der Waals surface area contributed by atoms with Crippen molar-refractivity contribution >= 4 is 34.8 Å². The summed E-state index contributed by atoms with van der Waals surface area (Å²) < 4.78 is 8.94. The van der Waals surface area contributed by atoms with Crippen molar-refractivity contribution in [3.05, 3.63) is 90.0 Å². The zero-order chi connectivity index (χ0) is 21.4. The minimum Gasteiger partial charge on any atom is -0.496 e. The van der Waals surface area contributed by atoms with Crippen molar-refractivity contribution in [1.29, 1.82) is 0 Å². The number of rotatable bonds is 6. The molecule has 1 amide bonds. The lowest BCUT2D eigenvalue weighted by Crippen LogP contribution is -2.40. The Kier molecular flexibility index (Phi) is 4.98. The lowest BCUT2D eigenvalue weighted by molar-refractivity contribution is -0.123. The number of methoxy groups -OCH3 is 1. The molecule has 0 radical (unpaired) electrons. The largest absolute Gasteiger partial charge is 0.496 e. The standard InChI is InChI=1S/C26H24N2O2S/c1-17(18-9-4-3-5-10-18)20-15-19(28-31-23-12-7-6-11-22(23)30-2)16-21-24(20)27-25(29)26(21)13-8-14-26/h3-7,9-12,15-16,28H,1,8,13-14H2,2H3,(H,27,29). The van der Waals surface area contributed by atoms with Gasteiger partial charge in [0, 0.05) is 11.3 Å². The van der Waals surface area contributed by atoms with Crippen LogP contribution < -0.4 is 14.8 Å². The van der Waals surface area contributed by atoms with Crippen LogP contribution in [0.25, 0.3) is 5.57 Å². The van der Waals surface area contributed by atoms with Gasteiger partial charge in [0.25, 0.3) is 0 Å². The van der Waals surface area contributed by atoms with Crippen LogP contribution >= 0.6 is 11.9 Å². The van der Waals surface area contributed by atoms with Gasteiger partial charge in [-0.15, -0.1) is 0 Å². The molecule has 1 heterocycles. The Bertz CT molecular complexity index is 1170. The van der Waals surface area contributed by atoms with Crippen molar-refractivity contribution in [3.63, 3.8) is 0 Å². The lowest BCUT2D eigenvalue weighted by Gasteiger charge is -2.36. The van der Waals surface area contributed by atoms with Crippen LogP contribution in [0.4, 0.5) is 11.4 Å². The fourth-order valence-electron chi connectivity index (χ4n) is 4.45. The van der Waals surface area contributed by atoms with E-state index in [9.17, 15) is 4.79 Å². The van der Waals surface area contributed by atoms with Gasteiger partial charge in [-0.3, -0.25) is 4.79 Å². The van der Waals surface area contributed by atoms with Gasteiger partial charge in [0.05, 0.1) is 23.1 Å². The lowest BCUT2D eigenvalue weighted by atomic mass is 9.65. The molecule has 2 N–H and O–H groups in total. The molecule has 3 aromatic rings. The van der Waals surface area contributed by atoms with E-state index in [4.69, 9.17) is 4.74 Å². The monoisotopic (exact) mass is 428 g/mol. The number of fused-ring (bicyclic) bond motifs is 2. The first-order chi connectivity index (χ1) is 15.1. The average Bonchev–Trinajstić information content (AvgIpc) is 3.09. The predicted octanol–water partition coefficient (Wildman–Crippen LogP) is 6.25. The number of ether oxygens (including phenoxy) is 1. The second kappa shape index (κ2) is 7.82. The third-order valence-electron chi connectivity index (χ3n) is 6.33. The Balaban J connectivity index is 1.55. The molecular weight excluding hydrogens is 404 g/mol. The van der Waals surface area contributed by atoms with Crippen molar-refractivity contribution in [2.24, 2.45) is 0 Å². The first kappa shape index (κ1) is 19.8. The normalized spacial score (nSPS) is 15.7. The third-order valence-corrected chi connectivity index (χ3v) is 7.22. The summed E-state index contributed by atoms with van der Waals surface area (Å²) in [4.78, 5) is 13.9. The number of anilines is 2. The predicted molar refractivity (Wildman–Crippen MR) is 128 cm³/mol. The van der Waals surface area contributed by atoms with Crippen LogP contribution in [0.15, 0.2) is 78.2 Å². The minimum absolute atomic E-state index is 0.116. The van der Waals surface area contributed by atoms with E-state index in [0.29, 0.717) is 0 Å². The molecule has 1 fully saturated rings. The molecule has 156 valence electrons. The van der Waals surface area contributed by atoms with E-state index in [0.717, 1.165) is 63.5 Å². The van der Waals surface area contributed by atoms with Gasteiger partial charge in [-0.2, -0.15) is 0 Å². The van der Waals surface area contributed by atoms with Gasteiger partial charge in [-0.1, -0.05) is 55.5 Å². The molecular formula is C26H24N2O2S. The van der Waals surface area contributed by atoms with Gasteiger partial charge >= 0.3 is 0 Å². The van der Waals surface area contributed by atoms with Crippen LogP contribution in [-0.4, -0.2) is 13.0 Å². The van der Waals surface area contributed by atoms with Crippen molar-refractivity contribution < 1.29 is 9.53 Å². The maximum Gasteiger partial charge on any atom is 0.235 e. The molecule has 0 saturated heterocycles. The summed E-state index contributed by atoms with van der Waals surface area (Å²) in [5.41, 5.74) is 5.46. The van der Waals surface area contributed by atoms with Gasteiger partial charge in [0.2, 0.25) is 5.91 Å². The fraction of sp³-hybridized carbons (Fsp3) is 0.192. The summed E-state index contributed by atoms with van der Waals surface area (Å²) in [6.45, 7) is 4.37. The van der Waals surface area contributed by atoms with Crippen LogP contribution in [0.3, 0.4) is 0 Å². The number of carbonyl (C=O) groups is 1. The molecule has 31 heavy (non-hydrogen) atoms. The Morgan fingerprint density at radius 2 is 1.84 bits per heavy atom. The number of benzene rings is 3. The maximum absolute atomic E-state index is 12.9. The molecule has 5 heteroatoms. The SMILES string of the molecule is C=C(c1ccccc1)c1cc(NSc2ccccc2OC)cc2c1NC(=O)C21CCC1. The number of carbonyl (C=O) groups excluding carboxylic acids is 1. The summed E-state index contributed by atoms with van der Waals surface area (Å²) in [5, 5.41) is 3.17. The van der Waals surface area contributed by atoms with Gasteiger partial charge in [-0.25, -0.2) is 0 Å². The highest BCUT2D eigenvalue weighted by Gasteiger charge is 2.51. The zero-order valence-corrected chi connectivity index (χ0v) is 18.2. The Morgan fingerprint density at radius 1 is 1.10 bits per heavy atom. The minimum atomic E-state index is -0.395. The molecule has 0 atom stereocenters. The molecule has 1 aliphatic heterocycles. The van der Waals surface area contributed by atoms with Crippen molar-refractivity contribution in [1.82, 2.24) is 0 Å². The number of amides is 1. The highest BCUT2D eigenvalue weighted by Crippen LogP contribution is 2.54. The van der Waals surface area contributed by atoms with Crippen LogP contribution in [0.5, 0.6) is 5.75 Å². The van der Waals surface area contributed by atoms with Gasteiger partial charge in [0.15, 0.2) is 0 Å². The molecule has 0 aromatic heterocycles. The molecule has 0 bridgehead atoms. The molecule has 4 nitrogen and oxygen atoms in total. The van der Waals surface area contributed by atoms with Crippen LogP contribution in [0.1, 0.15) is 36.0 Å². The van der Waals surface area contributed by atoms with Crippen molar-refractivity contribution in [2.75, 3.05) is 17.1 Å². The summed E-state index contributed by atoms with van der Waals surface area (Å²) in [7, 11) is 1.67. The molecule has 5 rings (SSSR count). The topological polar surface area (TPSA) is 50.4 Å². The summed E-state index contributed by atoms with van der Waals surface area (Å²) in [6.07, 6.45) is 2.87. The summed E-state index contributed by atoms with van der Waals surface area (Å²) in [5.74, 6) is 0.938. The number of para-hydroxylation sites is 1. The molecule has 1 aliphatic carbocycles. The average molecular weight is 429 g/mol. The van der Waals surface area contributed by atoms with E-state index < -0.39 is 5.41 Å². The van der Waals surface area contributed by atoms with Gasteiger partial charge < -0.3 is 14.8 Å². The van der Waals surface area contributed by atoms with Crippen LogP contribution in [0.2, 0.25) is 0 Å². The van der Waals surface area contributed by atoms with Crippen molar-refractivity contribution in [2.45, 2.75) is 29.6 Å². The highest BCUT2D eigenvalue weighted by atomic mass is 32.2. The van der Waals surface area contributed by atoms with E-state index in [2.05, 4.69) is 28.8 Å². The van der Waals surface area contributed by atoms with E-state index >= 15 is 0 Å². The smallest absolute Gasteiger partial charge is 0.235 e. The first-order valence-corrected chi connectivity index (χ1v) is 11.2. The van der Waals surface area contributed by atoms with Gasteiger partial charge in [0.1, 0.15) is 5.75 Å². The quantitative estimate of drug-likeness (QED) is 0.456. The molecule has 2 aliphatic rings. The molecule has 0 unspecified atom stereocenters. The fourth-order valence-corrected chi connectivity index (χ4v) is 5.19. The Labute approximate surface area is 186 Å². The van der Waals surface area contributed by atoms with E-state index in [-0.39, 0.29) is 5.91 Å². The molecule has 1 spiro atoms. The second-order valence-electron chi connectivity index (χ2n) is 8.04. The third kappa shape index (κ3) is 3.29. The van der Waals surface area contributed by atoms with Gasteiger partial charge in [-0.05, 0) is 65.8 Å². The van der Waals surface area contributed by atoms with Crippen LogP contribution in [-0.2, 0) is 10.2 Å². The number of nitrogens with one attached hydrogen (secondary N) is 2. The summed E-state index contributed by atoms with van der Waals surface area (Å²) in [6, 6.07) is 22.2. The van der Waals surface area contributed by atoms with E-state index in [1.807, 2.05) is 54.6 Å². The van der Waals surface area contributed by atoms with Crippen LogP contribution in [0, 0.1) is 0 Å². The molecule has 1 saturated carbocycles. The van der Waals surface area contributed by atoms with E-state index in [1.54, 1.807) is 7.11 Å². The Hall–Kier alpha value is -3.18. The number of hydrogen-bond acceptors (Lipinski definition) is 4.